The second kappa shape index (κ2) is 5.33. The van der Waals surface area contributed by atoms with Gasteiger partial charge in [0.05, 0.1) is 6.10 Å². The Morgan fingerprint density at radius 3 is 2.58 bits per heavy atom. The number of aliphatic hydroxyl groups excluding tert-OH is 1. The van der Waals surface area contributed by atoms with Crippen LogP contribution in [0.3, 0.4) is 0 Å². The van der Waals surface area contributed by atoms with Crippen molar-refractivity contribution in [2.24, 2.45) is 0 Å². The number of piperidine rings is 1. The number of nitrogens with zero attached hydrogens (tertiary/aromatic N) is 4. The molecule has 2 heterocycles. The lowest BCUT2D eigenvalue weighted by Crippen LogP contribution is -2.38. The smallest absolute Gasteiger partial charge is 0.134 e. The molecule has 1 saturated heterocycles. The highest BCUT2D eigenvalue weighted by Crippen LogP contribution is 2.28. The Morgan fingerprint density at radius 2 is 1.95 bits per heavy atom. The first-order valence-electron chi connectivity index (χ1n) is 7.22. The standard InChI is InChI=1S/C14H22N4O/c1-17(11-3-2-4-11)13-9-14(16-10-15-13)18-7-5-12(19)6-8-18/h9-12,19H,2-8H2,1H3. The summed E-state index contributed by atoms with van der Waals surface area (Å²) in [5.41, 5.74) is 0. The fourth-order valence-corrected chi connectivity index (χ4v) is 2.76. The Hall–Kier alpha value is -1.36. The fourth-order valence-electron chi connectivity index (χ4n) is 2.76. The summed E-state index contributed by atoms with van der Waals surface area (Å²) < 4.78 is 0. The van der Waals surface area contributed by atoms with Crippen LogP contribution in [0.2, 0.25) is 0 Å². The second-order valence-electron chi connectivity index (χ2n) is 5.65. The van der Waals surface area contributed by atoms with E-state index in [2.05, 4.69) is 32.9 Å². The van der Waals surface area contributed by atoms with Crippen LogP contribution in [-0.2, 0) is 0 Å². The molecule has 0 spiro atoms. The number of aliphatic hydroxyl groups is 1. The van der Waals surface area contributed by atoms with Crippen LogP contribution in [0.5, 0.6) is 0 Å². The summed E-state index contributed by atoms with van der Waals surface area (Å²) in [4.78, 5) is 13.3. The molecule has 2 fully saturated rings. The number of anilines is 2. The summed E-state index contributed by atoms with van der Waals surface area (Å²) in [6.45, 7) is 1.76. The van der Waals surface area contributed by atoms with Crippen LogP contribution in [0.4, 0.5) is 11.6 Å². The number of hydrogen-bond donors (Lipinski definition) is 1. The Balaban J connectivity index is 1.72. The summed E-state index contributed by atoms with van der Waals surface area (Å²) >= 11 is 0. The van der Waals surface area contributed by atoms with E-state index in [0.717, 1.165) is 37.6 Å². The lowest BCUT2D eigenvalue weighted by Gasteiger charge is -2.36. The van der Waals surface area contributed by atoms with E-state index >= 15 is 0 Å². The van der Waals surface area contributed by atoms with Crippen LogP contribution in [0.1, 0.15) is 32.1 Å². The topological polar surface area (TPSA) is 52.5 Å². The van der Waals surface area contributed by atoms with Gasteiger partial charge in [-0.1, -0.05) is 0 Å². The molecule has 5 heteroatoms. The first-order chi connectivity index (χ1) is 9.24. The van der Waals surface area contributed by atoms with Gasteiger partial charge in [-0.3, -0.25) is 0 Å². The molecule has 0 amide bonds. The zero-order valence-corrected chi connectivity index (χ0v) is 11.5. The lowest BCUT2D eigenvalue weighted by atomic mass is 9.92. The number of rotatable bonds is 3. The molecule has 2 aliphatic rings. The summed E-state index contributed by atoms with van der Waals surface area (Å²) in [6.07, 6.45) is 7.05. The summed E-state index contributed by atoms with van der Waals surface area (Å²) in [7, 11) is 2.12. The van der Waals surface area contributed by atoms with Gasteiger partial charge < -0.3 is 14.9 Å². The summed E-state index contributed by atoms with van der Waals surface area (Å²) in [6, 6.07) is 2.72. The molecule has 0 unspecified atom stereocenters. The van der Waals surface area contributed by atoms with Gasteiger partial charge in [0.2, 0.25) is 0 Å². The maximum Gasteiger partial charge on any atom is 0.134 e. The Morgan fingerprint density at radius 1 is 1.21 bits per heavy atom. The maximum atomic E-state index is 9.56. The summed E-state index contributed by atoms with van der Waals surface area (Å²) in [5.74, 6) is 2.00. The largest absolute Gasteiger partial charge is 0.393 e. The van der Waals surface area contributed by atoms with Crippen molar-refractivity contribution in [3.8, 4) is 0 Å². The van der Waals surface area contributed by atoms with Crippen LogP contribution < -0.4 is 9.80 Å². The summed E-state index contributed by atoms with van der Waals surface area (Å²) in [5, 5.41) is 9.56. The molecular weight excluding hydrogens is 240 g/mol. The van der Waals surface area contributed by atoms with Crippen molar-refractivity contribution in [1.82, 2.24) is 9.97 Å². The molecule has 104 valence electrons. The highest BCUT2D eigenvalue weighted by Gasteiger charge is 2.24. The van der Waals surface area contributed by atoms with E-state index in [4.69, 9.17) is 0 Å². The molecule has 3 rings (SSSR count). The molecule has 1 saturated carbocycles. The third-order valence-electron chi connectivity index (χ3n) is 4.41. The van der Waals surface area contributed by atoms with E-state index in [0.29, 0.717) is 6.04 Å². The highest BCUT2D eigenvalue weighted by atomic mass is 16.3. The molecule has 19 heavy (non-hydrogen) atoms. The van der Waals surface area contributed by atoms with Crippen molar-refractivity contribution in [3.63, 3.8) is 0 Å². The minimum absolute atomic E-state index is 0.143. The number of hydrogen-bond acceptors (Lipinski definition) is 5. The van der Waals surface area contributed by atoms with Crippen LogP contribution in [0, 0.1) is 0 Å². The Kier molecular flexibility index (Phi) is 3.55. The van der Waals surface area contributed by atoms with Crippen LogP contribution in [0.15, 0.2) is 12.4 Å². The molecular formula is C14H22N4O. The molecule has 1 N–H and O–H groups in total. The van der Waals surface area contributed by atoms with E-state index in [1.165, 1.54) is 19.3 Å². The first kappa shape index (κ1) is 12.7. The van der Waals surface area contributed by atoms with Gasteiger partial charge in [-0.05, 0) is 32.1 Å². The van der Waals surface area contributed by atoms with Crippen molar-refractivity contribution in [2.75, 3.05) is 29.9 Å². The van der Waals surface area contributed by atoms with Gasteiger partial charge in [0.15, 0.2) is 0 Å². The van der Waals surface area contributed by atoms with Gasteiger partial charge in [-0.15, -0.1) is 0 Å². The van der Waals surface area contributed by atoms with Crippen molar-refractivity contribution in [1.29, 1.82) is 0 Å². The van der Waals surface area contributed by atoms with E-state index in [1.54, 1.807) is 6.33 Å². The average Bonchev–Trinajstić information content (AvgIpc) is 2.38. The van der Waals surface area contributed by atoms with E-state index in [1.807, 2.05) is 0 Å². The van der Waals surface area contributed by atoms with E-state index < -0.39 is 0 Å². The predicted molar refractivity (Wildman–Crippen MR) is 75.5 cm³/mol. The van der Waals surface area contributed by atoms with Gasteiger partial charge in [0.25, 0.3) is 0 Å². The van der Waals surface area contributed by atoms with Gasteiger partial charge in [0, 0.05) is 32.2 Å². The first-order valence-corrected chi connectivity index (χ1v) is 7.22. The molecule has 1 aliphatic heterocycles. The normalized spacial score (nSPS) is 21.3. The van der Waals surface area contributed by atoms with E-state index in [-0.39, 0.29) is 6.10 Å². The number of aromatic nitrogens is 2. The third kappa shape index (κ3) is 2.66. The van der Waals surface area contributed by atoms with Gasteiger partial charge in [-0.25, -0.2) is 9.97 Å². The molecule has 0 atom stereocenters. The Labute approximate surface area is 114 Å². The minimum atomic E-state index is -0.143. The molecule has 1 aromatic rings. The monoisotopic (exact) mass is 262 g/mol. The van der Waals surface area contributed by atoms with Gasteiger partial charge in [0.1, 0.15) is 18.0 Å². The molecule has 0 radical (unpaired) electrons. The maximum absolute atomic E-state index is 9.56. The molecule has 1 aromatic heterocycles. The van der Waals surface area contributed by atoms with Crippen LogP contribution in [-0.4, -0.2) is 47.4 Å². The molecule has 5 nitrogen and oxygen atoms in total. The fraction of sp³-hybridized carbons (Fsp3) is 0.714. The third-order valence-corrected chi connectivity index (χ3v) is 4.41. The zero-order valence-electron chi connectivity index (χ0n) is 11.5. The van der Waals surface area contributed by atoms with Crippen molar-refractivity contribution in [2.45, 2.75) is 44.2 Å². The van der Waals surface area contributed by atoms with Crippen molar-refractivity contribution in [3.05, 3.63) is 12.4 Å². The average molecular weight is 262 g/mol. The van der Waals surface area contributed by atoms with Crippen LogP contribution >= 0.6 is 0 Å². The second-order valence-corrected chi connectivity index (χ2v) is 5.65. The van der Waals surface area contributed by atoms with Crippen LogP contribution in [0.25, 0.3) is 0 Å². The van der Waals surface area contributed by atoms with Gasteiger partial charge >= 0.3 is 0 Å². The van der Waals surface area contributed by atoms with Gasteiger partial charge in [-0.2, -0.15) is 0 Å². The zero-order chi connectivity index (χ0) is 13.2. The Bertz CT molecular complexity index is 427. The highest BCUT2D eigenvalue weighted by molar-refractivity contribution is 5.50. The SMILES string of the molecule is CN(c1cc(N2CCC(O)CC2)ncn1)C1CCC1. The quantitative estimate of drug-likeness (QED) is 0.893. The van der Waals surface area contributed by atoms with Crippen molar-refractivity contribution < 1.29 is 5.11 Å². The minimum Gasteiger partial charge on any atom is -0.393 e. The molecule has 0 bridgehead atoms. The van der Waals surface area contributed by atoms with E-state index in [9.17, 15) is 5.11 Å². The predicted octanol–water partition coefficient (Wildman–Crippen LogP) is 1.43. The molecule has 1 aliphatic carbocycles. The molecule has 0 aromatic carbocycles. The lowest BCUT2D eigenvalue weighted by molar-refractivity contribution is 0.145. The van der Waals surface area contributed by atoms with Crippen molar-refractivity contribution >= 4 is 11.6 Å².